The number of rotatable bonds is 9. The van der Waals surface area contributed by atoms with E-state index in [1.54, 1.807) is 0 Å². The molecule has 0 heterocycles. The highest BCUT2D eigenvalue weighted by atomic mass is 16.5. The van der Waals surface area contributed by atoms with Crippen molar-refractivity contribution in [3.05, 3.63) is 0 Å². The van der Waals surface area contributed by atoms with Crippen molar-refractivity contribution in [3.63, 3.8) is 0 Å². The van der Waals surface area contributed by atoms with Crippen molar-refractivity contribution in [2.24, 2.45) is 17.8 Å². The quantitative estimate of drug-likeness (QED) is 0.470. The van der Waals surface area contributed by atoms with Gasteiger partial charge in [-0.25, -0.2) is 0 Å². The van der Waals surface area contributed by atoms with Crippen molar-refractivity contribution < 1.29 is 4.74 Å². The van der Waals surface area contributed by atoms with Gasteiger partial charge in [-0.1, -0.05) is 58.3 Å². The van der Waals surface area contributed by atoms with Crippen LogP contribution in [0.3, 0.4) is 0 Å². The zero-order chi connectivity index (χ0) is 16.3. The smallest absolute Gasteiger partial charge is 0.0655 e. The third kappa shape index (κ3) is 7.25. The van der Waals surface area contributed by atoms with E-state index in [9.17, 15) is 0 Å². The van der Waals surface area contributed by atoms with Gasteiger partial charge in [0.05, 0.1) is 12.2 Å². The minimum absolute atomic E-state index is 0.294. The van der Waals surface area contributed by atoms with Crippen LogP contribution in [0.15, 0.2) is 0 Å². The number of unbranched alkanes of at least 4 members (excludes halogenated alkanes) is 4. The molecular weight excluding hydrogens is 282 g/mol. The van der Waals surface area contributed by atoms with Crippen LogP contribution in [-0.4, -0.2) is 12.7 Å². The van der Waals surface area contributed by atoms with Crippen LogP contribution in [-0.2, 0) is 4.74 Å². The summed E-state index contributed by atoms with van der Waals surface area (Å²) in [6.07, 6.45) is 18.9. The Morgan fingerprint density at radius 2 is 1.48 bits per heavy atom. The lowest BCUT2D eigenvalue weighted by Crippen LogP contribution is -2.25. The fraction of sp³-hybridized carbons (Fsp3) is 0.952. The highest BCUT2D eigenvalue weighted by molar-refractivity contribution is 4.87. The molecule has 2 heteroatoms. The Balaban J connectivity index is 1.49. The molecule has 0 aromatic heterocycles. The first-order valence-corrected chi connectivity index (χ1v) is 10.3. The molecule has 0 spiro atoms. The van der Waals surface area contributed by atoms with E-state index in [0.717, 1.165) is 44.1 Å². The molecule has 2 nitrogen and oxygen atoms in total. The average molecular weight is 320 g/mol. The van der Waals surface area contributed by atoms with E-state index in [4.69, 9.17) is 10.00 Å². The molecule has 0 bridgehead atoms. The molecule has 2 saturated carbocycles. The van der Waals surface area contributed by atoms with Crippen molar-refractivity contribution >= 4 is 0 Å². The maximum Gasteiger partial charge on any atom is 0.0655 e. The molecule has 0 saturated heterocycles. The topological polar surface area (TPSA) is 33.0 Å². The van der Waals surface area contributed by atoms with E-state index < -0.39 is 0 Å². The zero-order valence-electron chi connectivity index (χ0n) is 15.3. The van der Waals surface area contributed by atoms with E-state index in [1.165, 1.54) is 64.2 Å². The van der Waals surface area contributed by atoms with Crippen LogP contribution < -0.4 is 0 Å². The fourth-order valence-electron chi connectivity index (χ4n) is 4.35. The van der Waals surface area contributed by atoms with E-state index in [-0.39, 0.29) is 0 Å². The molecule has 0 N–H and O–H groups in total. The minimum Gasteiger partial charge on any atom is -0.378 e. The van der Waals surface area contributed by atoms with Crippen LogP contribution in [0.25, 0.3) is 0 Å². The first kappa shape index (κ1) is 18.8. The van der Waals surface area contributed by atoms with Gasteiger partial charge in [0.25, 0.3) is 0 Å². The molecule has 132 valence electrons. The Morgan fingerprint density at radius 3 is 2.13 bits per heavy atom. The molecule has 0 aromatic carbocycles. The molecule has 23 heavy (non-hydrogen) atoms. The maximum absolute atomic E-state index is 8.95. The van der Waals surface area contributed by atoms with Gasteiger partial charge in [0.1, 0.15) is 0 Å². The molecule has 0 amide bonds. The van der Waals surface area contributed by atoms with Gasteiger partial charge in [-0.05, 0) is 50.4 Å². The lowest BCUT2D eigenvalue weighted by atomic mass is 9.80. The maximum atomic E-state index is 8.95. The molecule has 0 aromatic rings. The standard InChI is InChI=1S/C21H37NO/c1-2-3-4-5-6-7-18-8-10-20(11-9-18)17-23-21-14-12-19(16-22)13-15-21/h18-21H,2-15,17H2,1H3. The predicted molar refractivity (Wildman–Crippen MR) is 96.1 cm³/mol. The van der Waals surface area contributed by atoms with Crippen molar-refractivity contribution in [1.82, 2.24) is 0 Å². The molecule has 2 aliphatic rings. The van der Waals surface area contributed by atoms with Crippen LogP contribution in [0, 0.1) is 29.1 Å². The molecule has 0 atom stereocenters. The van der Waals surface area contributed by atoms with Gasteiger partial charge in [0.15, 0.2) is 0 Å². The SMILES string of the molecule is CCCCCCCC1CCC(COC2CCC(C#N)CC2)CC1. The Hall–Kier alpha value is -0.550. The summed E-state index contributed by atoms with van der Waals surface area (Å²) >= 11 is 0. The van der Waals surface area contributed by atoms with Crippen LogP contribution in [0.5, 0.6) is 0 Å². The van der Waals surface area contributed by atoms with Gasteiger partial charge in [0.2, 0.25) is 0 Å². The first-order chi connectivity index (χ1) is 11.3. The van der Waals surface area contributed by atoms with Crippen molar-refractivity contribution in [3.8, 4) is 6.07 Å². The third-order valence-corrected chi connectivity index (χ3v) is 6.11. The van der Waals surface area contributed by atoms with E-state index in [2.05, 4.69) is 13.0 Å². The van der Waals surface area contributed by atoms with Crippen molar-refractivity contribution in [2.45, 2.75) is 103 Å². The second kappa shape index (κ2) is 11.1. The fourth-order valence-corrected chi connectivity index (χ4v) is 4.35. The summed E-state index contributed by atoms with van der Waals surface area (Å²) < 4.78 is 6.17. The highest BCUT2D eigenvalue weighted by Gasteiger charge is 2.24. The van der Waals surface area contributed by atoms with Crippen LogP contribution in [0.2, 0.25) is 0 Å². The Morgan fingerprint density at radius 1 is 0.826 bits per heavy atom. The number of nitriles is 1. The monoisotopic (exact) mass is 319 g/mol. The summed E-state index contributed by atoms with van der Waals surface area (Å²) in [4.78, 5) is 0. The van der Waals surface area contributed by atoms with Gasteiger partial charge in [-0.2, -0.15) is 5.26 Å². The van der Waals surface area contributed by atoms with Crippen molar-refractivity contribution in [2.75, 3.05) is 6.61 Å². The first-order valence-electron chi connectivity index (χ1n) is 10.3. The molecule has 2 aliphatic carbocycles. The number of ether oxygens (including phenoxy) is 1. The van der Waals surface area contributed by atoms with Gasteiger partial charge >= 0.3 is 0 Å². The summed E-state index contributed by atoms with van der Waals surface area (Å²) in [5, 5.41) is 8.95. The second-order valence-electron chi connectivity index (χ2n) is 8.03. The molecule has 0 unspecified atom stereocenters. The average Bonchev–Trinajstić information content (AvgIpc) is 2.61. The van der Waals surface area contributed by atoms with Gasteiger partial charge in [0, 0.05) is 12.5 Å². The molecule has 0 aliphatic heterocycles. The number of hydrogen-bond donors (Lipinski definition) is 0. The lowest BCUT2D eigenvalue weighted by Gasteiger charge is -2.31. The summed E-state index contributed by atoms with van der Waals surface area (Å²) in [6, 6.07) is 2.41. The summed E-state index contributed by atoms with van der Waals surface area (Å²) in [5.74, 6) is 2.10. The molecule has 2 rings (SSSR count). The van der Waals surface area contributed by atoms with Crippen LogP contribution in [0.4, 0.5) is 0 Å². The number of hydrogen-bond acceptors (Lipinski definition) is 2. The zero-order valence-corrected chi connectivity index (χ0v) is 15.3. The largest absolute Gasteiger partial charge is 0.378 e. The number of nitrogens with zero attached hydrogens (tertiary/aromatic N) is 1. The molecule has 2 fully saturated rings. The van der Waals surface area contributed by atoms with Gasteiger partial charge in [-0.3, -0.25) is 0 Å². The van der Waals surface area contributed by atoms with Gasteiger partial charge < -0.3 is 4.74 Å². The summed E-state index contributed by atoms with van der Waals surface area (Å²) in [5.41, 5.74) is 0. The Labute approximate surface area is 144 Å². The van der Waals surface area contributed by atoms with E-state index in [0.29, 0.717) is 12.0 Å². The van der Waals surface area contributed by atoms with Crippen LogP contribution >= 0.6 is 0 Å². The van der Waals surface area contributed by atoms with Crippen molar-refractivity contribution in [1.29, 1.82) is 5.26 Å². The normalized spacial score (nSPS) is 31.7. The van der Waals surface area contributed by atoms with Gasteiger partial charge in [-0.15, -0.1) is 0 Å². The Bertz CT molecular complexity index is 332. The highest BCUT2D eigenvalue weighted by Crippen LogP contribution is 2.33. The summed E-state index contributed by atoms with van der Waals surface area (Å²) in [6.45, 7) is 3.27. The molecular formula is C21H37NO. The lowest BCUT2D eigenvalue weighted by molar-refractivity contribution is -0.00620. The molecule has 0 radical (unpaired) electrons. The van der Waals surface area contributed by atoms with E-state index in [1.807, 2.05) is 0 Å². The predicted octanol–water partition coefficient (Wildman–Crippen LogP) is 6.25. The Kier molecular flexibility index (Phi) is 9.05. The van der Waals surface area contributed by atoms with E-state index >= 15 is 0 Å². The summed E-state index contributed by atoms with van der Waals surface area (Å²) in [7, 11) is 0. The third-order valence-electron chi connectivity index (χ3n) is 6.11. The second-order valence-corrected chi connectivity index (χ2v) is 8.03. The minimum atomic E-state index is 0.294. The van der Waals surface area contributed by atoms with Crippen LogP contribution in [0.1, 0.15) is 96.8 Å².